The Hall–Kier alpha value is -1.82. The summed E-state index contributed by atoms with van der Waals surface area (Å²) in [6.07, 6.45) is 2.24. The minimum absolute atomic E-state index is 0.0551. The summed E-state index contributed by atoms with van der Waals surface area (Å²) in [5.74, 6) is 0.594. The molecule has 3 atom stereocenters. The van der Waals surface area contributed by atoms with Crippen molar-refractivity contribution in [1.29, 1.82) is 0 Å². The molecular formula is C20H31FN2O3. The van der Waals surface area contributed by atoms with E-state index in [1.54, 1.807) is 12.1 Å². The monoisotopic (exact) mass is 366 g/mol. The molecule has 0 aromatic heterocycles. The third kappa shape index (κ3) is 6.48. The molecule has 1 saturated heterocycles. The minimum Gasteiger partial charge on any atom is -0.491 e. The minimum atomic E-state index is -0.303. The van der Waals surface area contributed by atoms with Crippen molar-refractivity contribution in [3.63, 3.8) is 0 Å². The first kappa shape index (κ1) is 20.5. The number of amides is 2. The first-order valence-corrected chi connectivity index (χ1v) is 9.30. The summed E-state index contributed by atoms with van der Waals surface area (Å²) in [5.41, 5.74) is 0.0551. The van der Waals surface area contributed by atoms with Crippen LogP contribution >= 0.6 is 0 Å². The van der Waals surface area contributed by atoms with Crippen molar-refractivity contribution >= 4 is 6.03 Å². The average Bonchev–Trinajstić information content (AvgIpc) is 2.59. The predicted octanol–water partition coefficient (Wildman–Crippen LogP) is 3.73. The van der Waals surface area contributed by atoms with E-state index in [-0.39, 0.29) is 29.4 Å². The third-order valence-corrected chi connectivity index (χ3v) is 4.51. The molecule has 0 aliphatic carbocycles. The fourth-order valence-corrected chi connectivity index (χ4v) is 3.30. The molecule has 1 aliphatic heterocycles. The molecule has 0 saturated carbocycles. The third-order valence-electron chi connectivity index (χ3n) is 4.51. The Kier molecular flexibility index (Phi) is 7.26. The Balaban J connectivity index is 1.72. The zero-order chi connectivity index (χ0) is 19.2. The van der Waals surface area contributed by atoms with Gasteiger partial charge in [-0.2, -0.15) is 0 Å². The van der Waals surface area contributed by atoms with Crippen LogP contribution in [0.15, 0.2) is 24.3 Å². The zero-order valence-corrected chi connectivity index (χ0v) is 16.2. The molecule has 2 N–H and O–H groups in total. The highest BCUT2D eigenvalue weighted by atomic mass is 19.1. The molecular weight excluding hydrogens is 335 g/mol. The molecule has 1 aliphatic rings. The lowest BCUT2D eigenvalue weighted by atomic mass is 9.78. The van der Waals surface area contributed by atoms with Crippen LogP contribution in [0.1, 0.15) is 40.5 Å². The summed E-state index contributed by atoms with van der Waals surface area (Å²) in [6, 6.07) is 5.45. The number of halogens is 1. The van der Waals surface area contributed by atoms with Gasteiger partial charge in [0.25, 0.3) is 0 Å². The number of benzene rings is 1. The topological polar surface area (TPSA) is 59.6 Å². The molecule has 5 nitrogen and oxygen atoms in total. The lowest BCUT2D eigenvalue weighted by Gasteiger charge is -2.40. The van der Waals surface area contributed by atoms with Gasteiger partial charge in [0.2, 0.25) is 0 Å². The van der Waals surface area contributed by atoms with Crippen molar-refractivity contribution < 1.29 is 18.7 Å². The molecule has 6 heteroatoms. The fraction of sp³-hybridized carbons (Fsp3) is 0.650. The Morgan fingerprint density at radius 3 is 2.69 bits per heavy atom. The van der Waals surface area contributed by atoms with Gasteiger partial charge in [-0.25, -0.2) is 9.18 Å². The van der Waals surface area contributed by atoms with Gasteiger partial charge in [-0.1, -0.05) is 20.8 Å². The van der Waals surface area contributed by atoms with Crippen molar-refractivity contribution in [3.8, 4) is 5.75 Å². The highest BCUT2D eigenvalue weighted by Crippen LogP contribution is 2.33. The van der Waals surface area contributed by atoms with Crippen LogP contribution < -0.4 is 15.4 Å². The number of carbonyl (C=O) groups is 1. The Morgan fingerprint density at radius 2 is 2.04 bits per heavy atom. The van der Waals surface area contributed by atoms with Gasteiger partial charge in [0, 0.05) is 19.1 Å². The normalized spacial score (nSPS) is 21.7. The summed E-state index contributed by atoms with van der Waals surface area (Å²) in [6.45, 7) is 10.1. The van der Waals surface area contributed by atoms with E-state index in [1.807, 2.05) is 6.92 Å². The van der Waals surface area contributed by atoms with Crippen LogP contribution in [0.2, 0.25) is 0 Å². The van der Waals surface area contributed by atoms with Crippen LogP contribution in [0.3, 0.4) is 0 Å². The van der Waals surface area contributed by atoms with Crippen molar-refractivity contribution in [1.82, 2.24) is 10.6 Å². The van der Waals surface area contributed by atoms with E-state index in [9.17, 15) is 9.18 Å². The Morgan fingerprint density at radius 1 is 1.35 bits per heavy atom. The second-order valence-electron chi connectivity index (χ2n) is 8.08. The molecule has 0 bridgehead atoms. The largest absolute Gasteiger partial charge is 0.491 e. The Bertz CT molecular complexity index is 571. The maximum absolute atomic E-state index is 12.9. The van der Waals surface area contributed by atoms with E-state index in [1.165, 1.54) is 12.1 Å². The van der Waals surface area contributed by atoms with Crippen LogP contribution in [-0.4, -0.2) is 37.9 Å². The summed E-state index contributed by atoms with van der Waals surface area (Å²) in [4.78, 5) is 12.1. The number of rotatable bonds is 6. The van der Waals surface area contributed by atoms with E-state index >= 15 is 0 Å². The SMILES string of the molecule is CC(COc1ccc(F)cc1)NC(=O)NCC1CCCOC1C(C)(C)C. The van der Waals surface area contributed by atoms with Gasteiger partial charge in [-0.15, -0.1) is 0 Å². The molecule has 146 valence electrons. The van der Waals surface area contributed by atoms with Crippen molar-refractivity contribution in [2.24, 2.45) is 11.3 Å². The summed E-state index contributed by atoms with van der Waals surface area (Å²) in [7, 11) is 0. The van der Waals surface area contributed by atoms with Crippen LogP contribution in [0.25, 0.3) is 0 Å². The van der Waals surface area contributed by atoms with Gasteiger partial charge in [-0.3, -0.25) is 0 Å². The van der Waals surface area contributed by atoms with Crippen molar-refractivity contribution in [2.75, 3.05) is 19.8 Å². The molecule has 1 aromatic rings. The molecule has 0 radical (unpaired) electrons. The smallest absolute Gasteiger partial charge is 0.315 e. The van der Waals surface area contributed by atoms with Gasteiger partial charge in [-0.05, 0) is 49.4 Å². The summed E-state index contributed by atoms with van der Waals surface area (Å²) >= 11 is 0. The van der Waals surface area contributed by atoms with Gasteiger partial charge < -0.3 is 20.1 Å². The summed E-state index contributed by atoms with van der Waals surface area (Å²) in [5, 5.41) is 5.82. The maximum Gasteiger partial charge on any atom is 0.315 e. The van der Waals surface area contributed by atoms with Crippen LogP contribution in [0.5, 0.6) is 5.75 Å². The number of carbonyl (C=O) groups excluding carboxylic acids is 1. The predicted molar refractivity (Wildman–Crippen MR) is 99.8 cm³/mol. The van der Waals surface area contributed by atoms with E-state index in [2.05, 4.69) is 31.4 Å². The second kappa shape index (κ2) is 9.21. The average molecular weight is 366 g/mol. The second-order valence-corrected chi connectivity index (χ2v) is 8.08. The van der Waals surface area contributed by atoms with Gasteiger partial charge in [0.1, 0.15) is 18.2 Å². The Labute approximate surface area is 155 Å². The lowest BCUT2D eigenvalue weighted by Crippen LogP contribution is -2.49. The molecule has 26 heavy (non-hydrogen) atoms. The lowest BCUT2D eigenvalue weighted by molar-refractivity contribution is -0.0838. The number of ether oxygens (including phenoxy) is 2. The summed E-state index contributed by atoms with van der Waals surface area (Å²) < 4.78 is 24.4. The molecule has 2 amide bonds. The molecule has 3 unspecified atom stereocenters. The quantitative estimate of drug-likeness (QED) is 0.806. The first-order valence-electron chi connectivity index (χ1n) is 9.30. The number of hydrogen-bond acceptors (Lipinski definition) is 3. The van der Waals surface area contributed by atoms with Crippen LogP contribution in [0.4, 0.5) is 9.18 Å². The van der Waals surface area contributed by atoms with Crippen molar-refractivity contribution in [2.45, 2.75) is 52.7 Å². The van der Waals surface area contributed by atoms with E-state index in [0.29, 0.717) is 24.8 Å². The number of hydrogen-bond donors (Lipinski definition) is 2. The molecule has 1 heterocycles. The van der Waals surface area contributed by atoms with Gasteiger partial charge in [0.05, 0.1) is 12.1 Å². The molecule has 2 rings (SSSR count). The molecule has 1 fully saturated rings. The van der Waals surface area contributed by atoms with E-state index < -0.39 is 0 Å². The number of nitrogens with one attached hydrogen (secondary N) is 2. The highest BCUT2D eigenvalue weighted by Gasteiger charge is 2.35. The standard InChI is InChI=1S/C20H31FN2O3/c1-14(13-26-17-9-7-16(21)8-10-17)23-19(24)22-12-15-6-5-11-25-18(15)20(2,3)4/h7-10,14-15,18H,5-6,11-13H2,1-4H3,(H2,22,23,24). The van der Waals surface area contributed by atoms with Crippen LogP contribution in [0, 0.1) is 17.2 Å². The van der Waals surface area contributed by atoms with Crippen LogP contribution in [-0.2, 0) is 4.74 Å². The van der Waals surface area contributed by atoms with Gasteiger partial charge >= 0.3 is 6.03 Å². The first-order chi connectivity index (χ1) is 12.3. The number of urea groups is 1. The maximum atomic E-state index is 12.9. The van der Waals surface area contributed by atoms with Gasteiger partial charge in [0.15, 0.2) is 0 Å². The van der Waals surface area contributed by atoms with E-state index in [4.69, 9.17) is 9.47 Å². The highest BCUT2D eigenvalue weighted by molar-refractivity contribution is 5.74. The zero-order valence-electron chi connectivity index (χ0n) is 16.2. The molecule has 1 aromatic carbocycles. The fourth-order valence-electron chi connectivity index (χ4n) is 3.30. The van der Waals surface area contributed by atoms with Crippen molar-refractivity contribution in [3.05, 3.63) is 30.1 Å². The van der Waals surface area contributed by atoms with E-state index in [0.717, 1.165) is 19.4 Å². The molecule has 0 spiro atoms.